The summed E-state index contributed by atoms with van der Waals surface area (Å²) < 4.78 is 0. The van der Waals surface area contributed by atoms with E-state index < -0.39 is 0 Å². The fourth-order valence-corrected chi connectivity index (χ4v) is 5.64. The maximum atomic E-state index is 12.7. The molecule has 0 aromatic heterocycles. The number of hydrogen-bond acceptors (Lipinski definition) is 4. The van der Waals surface area contributed by atoms with Gasteiger partial charge in [-0.25, -0.2) is 0 Å². The molecule has 4 atom stereocenters. The summed E-state index contributed by atoms with van der Waals surface area (Å²) in [5.74, 6) is 1.32. The summed E-state index contributed by atoms with van der Waals surface area (Å²) in [4.78, 5) is 34.2. The van der Waals surface area contributed by atoms with Gasteiger partial charge < -0.3 is 15.5 Å². The summed E-state index contributed by atoms with van der Waals surface area (Å²) in [7, 11) is 0. The molecule has 7 nitrogen and oxygen atoms in total. The molecular weight excluding hydrogens is 505 g/mol. The van der Waals surface area contributed by atoms with E-state index in [1.54, 1.807) is 0 Å². The maximum Gasteiger partial charge on any atom is 0.233 e. The van der Waals surface area contributed by atoms with Crippen LogP contribution < -0.4 is 10.6 Å². The number of amides is 2. The largest absolute Gasteiger partial charge is 0.357 e. The highest BCUT2D eigenvalue weighted by molar-refractivity contribution is 14.0. The lowest BCUT2D eigenvalue weighted by atomic mass is 9.85. The first-order valence-electron chi connectivity index (χ1n) is 12.0. The Morgan fingerprint density at radius 3 is 2.26 bits per heavy atom. The van der Waals surface area contributed by atoms with Crippen molar-refractivity contribution in [2.75, 3.05) is 45.8 Å². The minimum absolute atomic E-state index is 0. The highest BCUT2D eigenvalue weighted by Crippen LogP contribution is 2.52. The van der Waals surface area contributed by atoms with Gasteiger partial charge in [-0.3, -0.25) is 19.5 Å². The third-order valence-corrected chi connectivity index (χ3v) is 7.13. The molecule has 1 saturated carbocycles. The Morgan fingerprint density at radius 1 is 1.00 bits per heavy atom. The van der Waals surface area contributed by atoms with Crippen LogP contribution in [0.4, 0.5) is 0 Å². The summed E-state index contributed by atoms with van der Waals surface area (Å²) in [5, 5.41) is 6.72. The molecule has 2 amide bonds. The first kappa shape index (κ1) is 24.5. The maximum absolute atomic E-state index is 12.7. The molecule has 2 aliphatic heterocycles. The Bertz CT molecular complexity index is 659. The fourth-order valence-electron chi connectivity index (χ4n) is 5.64. The van der Waals surface area contributed by atoms with Crippen LogP contribution in [-0.2, 0) is 9.59 Å². The number of hydrogen-bond donors (Lipinski definition) is 2. The Hall–Kier alpha value is -1.16. The van der Waals surface area contributed by atoms with Crippen LogP contribution in [0, 0.1) is 23.7 Å². The SMILES string of the molecule is CCNC(=NCCCN1C(=O)C2C3C=CC(C3)C2C1=O)NCCN1CCCCCC1.I. The molecule has 2 heterocycles. The number of nitrogens with one attached hydrogen (secondary N) is 2. The predicted molar refractivity (Wildman–Crippen MR) is 133 cm³/mol. The first-order chi connectivity index (χ1) is 14.7. The number of halogens is 1. The van der Waals surface area contributed by atoms with Gasteiger partial charge in [0.15, 0.2) is 5.96 Å². The van der Waals surface area contributed by atoms with Crippen LogP contribution in [0.3, 0.4) is 0 Å². The van der Waals surface area contributed by atoms with Crippen molar-refractivity contribution in [3.63, 3.8) is 0 Å². The minimum atomic E-state index is -0.0889. The van der Waals surface area contributed by atoms with E-state index in [-0.39, 0.29) is 59.5 Å². The molecule has 4 rings (SSSR count). The molecule has 31 heavy (non-hydrogen) atoms. The molecule has 3 fully saturated rings. The second-order valence-corrected chi connectivity index (χ2v) is 9.12. The third-order valence-electron chi connectivity index (χ3n) is 7.13. The quantitative estimate of drug-likeness (QED) is 0.123. The zero-order chi connectivity index (χ0) is 20.9. The van der Waals surface area contributed by atoms with Crippen molar-refractivity contribution in [2.24, 2.45) is 28.7 Å². The van der Waals surface area contributed by atoms with Gasteiger partial charge in [-0.1, -0.05) is 25.0 Å². The molecule has 0 aromatic carbocycles. The zero-order valence-corrected chi connectivity index (χ0v) is 21.1. The summed E-state index contributed by atoms with van der Waals surface area (Å²) in [6.07, 6.45) is 11.3. The standard InChI is InChI=1S/C23H37N5O2.HI/c1-2-24-23(26-11-15-27-12-5-3-4-6-13-27)25-10-7-14-28-21(29)19-17-8-9-18(16-17)20(19)22(28)30;/h8-9,17-20H,2-7,10-16H2,1H3,(H2,24,25,26);1H. The third kappa shape index (κ3) is 5.61. The van der Waals surface area contributed by atoms with Gasteiger partial charge in [-0.15, -0.1) is 24.0 Å². The summed E-state index contributed by atoms with van der Waals surface area (Å²) in [5.41, 5.74) is 0. The Kier molecular flexibility index (Phi) is 9.18. The number of aliphatic imine (C=N–C) groups is 1. The first-order valence-corrected chi connectivity index (χ1v) is 12.0. The van der Waals surface area contributed by atoms with Gasteiger partial charge in [-0.05, 0) is 57.5 Å². The smallest absolute Gasteiger partial charge is 0.233 e. The Labute approximate surface area is 203 Å². The van der Waals surface area contributed by atoms with Gasteiger partial charge in [0, 0.05) is 32.7 Å². The van der Waals surface area contributed by atoms with Crippen molar-refractivity contribution < 1.29 is 9.59 Å². The van der Waals surface area contributed by atoms with Gasteiger partial charge in [-0.2, -0.15) is 0 Å². The average Bonchev–Trinajstić information content (AvgIpc) is 3.34. The predicted octanol–water partition coefficient (Wildman–Crippen LogP) is 2.23. The fraction of sp³-hybridized carbons (Fsp3) is 0.783. The van der Waals surface area contributed by atoms with Crippen molar-refractivity contribution in [1.29, 1.82) is 0 Å². The van der Waals surface area contributed by atoms with Crippen LogP contribution in [0.1, 0.15) is 45.4 Å². The molecule has 8 heteroatoms. The lowest BCUT2D eigenvalue weighted by molar-refractivity contribution is -0.140. The molecule has 0 radical (unpaired) electrons. The highest BCUT2D eigenvalue weighted by Gasteiger charge is 2.58. The van der Waals surface area contributed by atoms with Crippen LogP contribution in [0.15, 0.2) is 17.1 Å². The summed E-state index contributed by atoms with van der Waals surface area (Å²) in [6, 6.07) is 0. The second kappa shape index (κ2) is 11.6. The molecule has 2 aliphatic carbocycles. The number of nitrogens with zero attached hydrogens (tertiary/aromatic N) is 3. The Morgan fingerprint density at radius 2 is 1.65 bits per heavy atom. The molecule has 4 aliphatic rings. The van der Waals surface area contributed by atoms with Gasteiger partial charge >= 0.3 is 0 Å². The topological polar surface area (TPSA) is 77.0 Å². The lowest BCUT2D eigenvalue weighted by Crippen LogP contribution is -2.42. The van der Waals surface area contributed by atoms with Crippen LogP contribution in [0.5, 0.6) is 0 Å². The zero-order valence-electron chi connectivity index (χ0n) is 18.7. The van der Waals surface area contributed by atoms with E-state index in [2.05, 4.69) is 39.6 Å². The molecule has 174 valence electrons. The number of rotatable bonds is 8. The van der Waals surface area contributed by atoms with Crippen LogP contribution in [0.25, 0.3) is 0 Å². The van der Waals surface area contributed by atoms with Gasteiger partial charge in [0.2, 0.25) is 11.8 Å². The molecular formula is C23H38IN5O2. The van der Waals surface area contributed by atoms with E-state index in [0.29, 0.717) is 19.5 Å². The minimum Gasteiger partial charge on any atom is -0.357 e. The van der Waals surface area contributed by atoms with Crippen molar-refractivity contribution in [3.05, 3.63) is 12.2 Å². The number of guanidine groups is 1. The summed E-state index contributed by atoms with van der Waals surface area (Å²) in [6.45, 7) is 8.30. The highest BCUT2D eigenvalue weighted by atomic mass is 127. The number of allylic oxidation sites excluding steroid dienone is 2. The van der Waals surface area contributed by atoms with Crippen LogP contribution in [-0.4, -0.2) is 73.4 Å². The van der Waals surface area contributed by atoms with Crippen molar-refractivity contribution in [3.8, 4) is 0 Å². The van der Waals surface area contributed by atoms with E-state index in [4.69, 9.17) is 0 Å². The number of fused-ring (bicyclic) bond motifs is 5. The van der Waals surface area contributed by atoms with E-state index in [1.165, 1.54) is 43.7 Å². The monoisotopic (exact) mass is 543 g/mol. The number of carbonyl (C=O) groups is 2. The number of likely N-dealkylation sites (tertiary alicyclic amines) is 2. The summed E-state index contributed by atoms with van der Waals surface area (Å²) >= 11 is 0. The molecule has 2 bridgehead atoms. The van der Waals surface area contributed by atoms with Crippen LogP contribution >= 0.6 is 24.0 Å². The normalized spacial score (nSPS) is 30.4. The van der Waals surface area contributed by atoms with Gasteiger partial charge in [0.1, 0.15) is 0 Å². The van der Waals surface area contributed by atoms with Crippen molar-refractivity contribution in [1.82, 2.24) is 20.4 Å². The van der Waals surface area contributed by atoms with E-state index in [0.717, 1.165) is 32.0 Å². The number of carbonyl (C=O) groups excluding carboxylic acids is 2. The van der Waals surface area contributed by atoms with Gasteiger partial charge in [0.05, 0.1) is 11.8 Å². The molecule has 0 spiro atoms. The second-order valence-electron chi connectivity index (χ2n) is 9.12. The Balaban J connectivity index is 0.00000272. The van der Waals surface area contributed by atoms with Crippen LogP contribution in [0.2, 0.25) is 0 Å². The molecule has 4 unspecified atom stereocenters. The lowest BCUT2D eigenvalue weighted by Gasteiger charge is -2.20. The van der Waals surface area contributed by atoms with Crippen molar-refractivity contribution in [2.45, 2.75) is 45.4 Å². The number of imide groups is 1. The average molecular weight is 543 g/mol. The van der Waals surface area contributed by atoms with Gasteiger partial charge in [0.25, 0.3) is 0 Å². The van der Waals surface area contributed by atoms with Crippen molar-refractivity contribution >= 4 is 41.8 Å². The van der Waals surface area contributed by atoms with E-state index in [9.17, 15) is 9.59 Å². The molecule has 2 saturated heterocycles. The molecule has 0 aromatic rings. The molecule has 2 N–H and O–H groups in total. The van der Waals surface area contributed by atoms with E-state index in [1.807, 2.05) is 0 Å². The van der Waals surface area contributed by atoms with E-state index >= 15 is 0 Å².